The molecular formula is C27H48ClNO11. The summed E-state index contributed by atoms with van der Waals surface area (Å²) in [7, 11) is 3.38. The number of ketones is 1. The Bertz CT molecular complexity index is 976. The summed E-state index contributed by atoms with van der Waals surface area (Å²) in [4.78, 5) is 40.6. The Morgan fingerprint density at radius 3 is 2.23 bits per heavy atom. The number of aliphatic hydroxyl groups excluding tert-OH is 2. The van der Waals surface area contributed by atoms with Gasteiger partial charge >= 0.3 is 11.9 Å². The Morgan fingerprint density at radius 2 is 1.73 bits per heavy atom. The molecule has 7 N–H and O–H groups in total. The molecule has 13 heteroatoms. The van der Waals surface area contributed by atoms with Crippen molar-refractivity contribution in [3.05, 3.63) is 12.7 Å². The first-order valence-corrected chi connectivity index (χ1v) is 12.8. The number of halogens is 1. The van der Waals surface area contributed by atoms with E-state index in [-0.39, 0.29) is 29.8 Å². The standard InChI is InChI=1S/C27H43NO9.ClH.2H2O/c1-10-24(5)13-17(30)27(34)25(6)16(29)11-12-23(3,4)20(25)19(32)21(26(27,7)37-24)36-18(31)14-35-22(33)15(2)28(8)9;;;/h10,15-16,19-21,29,32,34H,1,11-14H2,2-9H3;1H;2*1H2/t15?,16-,19-,20-,21-,24-,25-,26+,27-;;;/m0.../s1. The summed E-state index contributed by atoms with van der Waals surface area (Å²) in [6.45, 7) is 13.1. The van der Waals surface area contributed by atoms with Gasteiger partial charge in [0.25, 0.3) is 0 Å². The zero-order valence-corrected chi connectivity index (χ0v) is 25.5. The topological polar surface area (TPSA) is 206 Å². The van der Waals surface area contributed by atoms with E-state index >= 15 is 0 Å². The Morgan fingerprint density at radius 1 is 1.18 bits per heavy atom. The van der Waals surface area contributed by atoms with Crippen LogP contribution in [0.25, 0.3) is 0 Å². The molecule has 0 radical (unpaired) electrons. The second-order valence-corrected chi connectivity index (χ2v) is 12.5. The summed E-state index contributed by atoms with van der Waals surface area (Å²) < 4.78 is 17.2. The van der Waals surface area contributed by atoms with Gasteiger partial charge in [0.1, 0.15) is 11.6 Å². The van der Waals surface area contributed by atoms with Crippen LogP contribution in [-0.2, 0) is 28.6 Å². The van der Waals surface area contributed by atoms with Gasteiger partial charge in [-0.05, 0) is 53.1 Å². The van der Waals surface area contributed by atoms with E-state index in [2.05, 4.69) is 6.58 Å². The highest BCUT2D eigenvalue weighted by atomic mass is 35.5. The number of carbonyl (C=O) groups excluding carboxylic acids is 3. The van der Waals surface area contributed by atoms with E-state index in [9.17, 15) is 29.7 Å². The van der Waals surface area contributed by atoms with Crippen LogP contribution < -0.4 is 0 Å². The average molecular weight is 598 g/mol. The molecule has 3 aliphatic rings. The van der Waals surface area contributed by atoms with Crippen molar-refractivity contribution in [1.29, 1.82) is 0 Å². The highest BCUT2D eigenvalue weighted by Gasteiger charge is 2.81. The van der Waals surface area contributed by atoms with Crippen molar-refractivity contribution in [1.82, 2.24) is 4.90 Å². The van der Waals surface area contributed by atoms with Gasteiger partial charge < -0.3 is 40.5 Å². The van der Waals surface area contributed by atoms with E-state index in [1.165, 1.54) is 13.0 Å². The number of aliphatic hydroxyl groups is 3. The van der Waals surface area contributed by atoms with Crippen molar-refractivity contribution >= 4 is 30.1 Å². The molecule has 0 spiro atoms. The van der Waals surface area contributed by atoms with Crippen molar-refractivity contribution in [3.8, 4) is 0 Å². The summed E-state index contributed by atoms with van der Waals surface area (Å²) in [6, 6.07) is -0.603. The van der Waals surface area contributed by atoms with Crippen LogP contribution >= 0.6 is 12.4 Å². The lowest BCUT2D eigenvalue weighted by Gasteiger charge is -2.71. The number of nitrogens with zero attached hydrogens (tertiary/aromatic N) is 1. The minimum Gasteiger partial charge on any atom is -0.454 e. The Balaban J connectivity index is 0.00000507. The summed E-state index contributed by atoms with van der Waals surface area (Å²) in [5, 5.41) is 35.5. The molecule has 234 valence electrons. The maximum Gasteiger partial charge on any atom is 0.344 e. The fraction of sp³-hybridized carbons (Fsp3) is 0.815. The third-order valence-corrected chi connectivity index (χ3v) is 9.43. The van der Waals surface area contributed by atoms with Gasteiger partial charge in [0.05, 0.1) is 17.8 Å². The van der Waals surface area contributed by atoms with Crippen LogP contribution in [0, 0.1) is 16.7 Å². The van der Waals surface area contributed by atoms with Gasteiger partial charge in [-0.2, -0.15) is 0 Å². The molecule has 40 heavy (non-hydrogen) atoms. The minimum absolute atomic E-state index is 0. The highest BCUT2D eigenvalue weighted by molar-refractivity contribution is 5.92. The van der Waals surface area contributed by atoms with Crippen molar-refractivity contribution in [2.45, 2.75) is 102 Å². The number of likely N-dealkylation sites (N-methyl/N-ethyl adjacent to an activating group) is 1. The van der Waals surface area contributed by atoms with Gasteiger partial charge in [0.15, 0.2) is 24.1 Å². The molecule has 9 atom stereocenters. The van der Waals surface area contributed by atoms with Crippen molar-refractivity contribution in [3.63, 3.8) is 0 Å². The summed E-state index contributed by atoms with van der Waals surface area (Å²) in [5.41, 5.74) is -7.65. The zero-order valence-electron chi connectivity index (χ0n) is 24.6. The summed E-state index contributed by atoms with van der Waals surface area (Å²) in [6.07, 6.45) is -2.02. The van der Waals surface area contributed by atoms with E-state index in [4.69, 9.17) is 14.2 Å². The Kier molecular flexibility index (Phi) is 11.8. The van der Waals surface area contributed by atoms with E-state index in [0.29, 0.717) is 12.8 Å². The van der Waals surface area contributed by atoms with Crippen LogP contribution in [0.15, 0.2) is 12.7 Å². The van der Waals surface area contributed by atoms with Gasteiger partial charge in [-0.1, -0.05) is 26.8 Å². The maximum absolute atomic E-state index is 13.9. The molecule has 1 heterocycles. The summed E-state index contributed by atoms with van der Waals surface area (Å²) >= 11 is 0. The highest BCUT2D eigenvalue weighted by Crippen LogP contribution is 2.67. The number of fused-ring (bicyclic) bond motifs is 3. The molecule has 3 rings (SSSR count). The molecule has 0 bridgehead atoms. The fourth-order valence-corrected chi connectivity index (χ4v) is 7.12. The first kappa shape index (κ1) is 38.4. The maximum atomic E-state index is 13.9. The molecule has 2 saturated carbocycles. The number of ether oxygens (including phenoxy) is 3. The Hall–Kier alpha value is -1.64. The molecule has 0 aromatic heterocycles. The molecule has 0 aromatic rings. The third-order valence-electron chi connectivity index (χ3n) is 9.43. The van der Waals surface area contributed by atoms with Crippen LogP contribution in [0.1, 0.15) is 60.8 Å². The van der Waals surface area contributed by atoms with Crippen LogP contribution in [0.2, 0.25) is 0 Å². The van der Waals surface area contributed by atoms with Crippen LogP contribution in [0.4, 0.5) is 0 Å². The first-order valence-electron chi connectivity index (χ1n) is 12.8. The van der Waals surface area contributed by atoms with Gasteiger partial charge in [0, 0.05) is 17.8 Å². The molecule has 0 amide bonds. The number of carbonyl (C=O) groups is 3. The van der Waals surface area contributed by atoms with Crippen LogP contribution in [0.3, 0.4) is 0 Å². The predicted molar refractivity (Wildman–Crippen MR) is 148 cm³/mol. The number of esters is 2. The van der Waals surface area contributed by atoms with E-state index in [0.717, 1.165) is 0 Å². The molecule has 3 fully saturated rings. The lowest BCUT2D eigenvalue weighted by molar-refractivity contribution is -0.370. The second-order valence-electron chi connectivity index (χ2n) is 12.5. The van der Waals surface area contributed by atoms with Crippen molar-refractivity contribution in [2.24, 2.45) is 16.7 Å². The second kappa shape index (κ2) is 12.3. The SMILES string of the molecule is C=C[C@@]1(C)CC(=O)[C@]2(O)[C@@]3(C)[C@@H](O)CCC(C)(C)[C@@H]3[C@H](O)[C@H](OC(=O)COC(=O)C(C)N(C)C)[C@@]2(C)O1.Cl.O.O. The van der Waals surface area contributed by atoms with E-state index in [1.807, 2.05) is 13.8 Å². The van der Waals surface area contributed by atoms with E-state index < -0.39 is 82.2 Å². The smallest absolute Gasteiger partial charge is 0.344 e. The first-order chi connectivity index (χ1) is 16.8. The predicted octanol–water partition coefficient (Wildman–Crippen LogP) is -0.234. The molecule has 1 unspecified atom stereocenters. The number of hydrogen-bond acceptors (Lipinski definition) is 10. The normalized spacial score (nSPS) is 40.5. The molecule has 12 nitrogen and oxygen atoms in total. The third kappa shape index (κ3) is 5.45. The minimum atomic E-state index is -2.31. The van der Waals surface area contributed by atoms with Gasteiger partial charge in [-0.25, -0.2) is 4.79 Å². The average Bonchev–Trinajstić information content (AvgIpc) is 2.80. The quantitative estimate of drug-likeness (QED) is 0.270. The largest absolute Gasteiger partial charge is 0.454 e. The van der Waals surface area contributed by atoms with Crippen molar-refractivity contribution in [2.75, 3.05) is 20.7 Å². The Labute approximate surface area is 242 Å². The molecule has 0 aromatic carbocycles. The molecule has 1 aliphatic heterocycles. The number of hydrogen-bond donors (Lipinski definition) is 3. The lowest BCUT2D eigenvalue weighted by Crippen LogP contribution is -2.86. The molecule has 1 saturated heterocycles. The van der Waals surface area contributed by atoms with Gasteiger partial charge in [-0.15, -0.1) is 19.0 Å². The lowest BCUT2D eigenvalue weighted by atomic mass is 9.40. The zero-order chi connectivity index (χ0) is 28.4. The van der Waals surface area contributed by atoms with Crippen molar-refractivity contribution < 1.29 is 54.9 Å². The monoisotopic (exact) mass is 597 g/mol. The van der Waals surface area contributed by atoms with E-state index in [1.54, 1.807) is 39.8 Å². The van der Waals surface area contributed by atoms with Crippen LogP contribution in [0.5, 0.6) is 0 Å². The number of Topliss-reactive ketones (excluding diaryl/α,β-unsaturated/α-hetero) is 1. The van der Waals surface area contributed by atoms with Crippen LogP contribution in [-0.4, -0.2) is 111 Å². The molecular weight excluding hydrogens is 550 g/mol. The number of rotatable bonds is 6. The fourth-order valence-electron chi connectivity index (χ4n) is 7.12. The summed E-state index contributed by atoms with van der Waals surface area (Å²) in [5.74, 6) is -3.03. The van der Waals surface area contributed by atoms with Gasteiger partial charge in [0.2, 0.25) is 0 Å². The van der Waals surface area contributed by atoms with Gasteiger partial charge in [-0.3, -0.25) is 14.5 Å². The molecule has 2 aliphatic carbocycles.